The van der Waals surface area contributed by atoms with Crippen LogP contribution in [-0.2, 0) is 0 Å². The molecule has 2 unspecified atom stereocenters. The van der Waals surface area contributed by atoms with E-state index in [0.29, 0.717) is 6.42 Å². The van der Waals surface area contributed by atoms with Crippen molar-refractivity contribution in [1.82, 2.24) is 10.4 Å². The zero-order chi connectivity index (χ0) is 14.0. The summed E-state index contributed by atoms with van der Waals surface area (Å²) in [6.45, 7) is 1.73. The molecule has 1 N–H and O–H groups in total. The molecule has 1 aliphatic carbocycles. The maximum atomic E-state index is 9.38. The van der Waals surface area contributed by atoms with Gasteiger partial charge in [0.25, 0.3) is 0 Å². The molecule has 0 spiro atoms. The van der Waals surface area contributed by atoms with E-state index in [9.17, 15) is 21.0 Å². The zero-order valence-electron chi connectivity index (χ0n) is 10.6. The van der Waals surface area contributed by atoms with Crippen LogP contribution < -0.4 is 5.43 Å². The molecule has 2 atom stereocenters. The van der Waals surface area contributed by atoms with Gasteiger partial charge in [0.2, 0.25) is 0 Å². The van der Waals surface area contributed by atoms with E-state index in [0.717, 1.165) is 0 Å². The molecule has 0 aromatic heterocycles. The van der Waals surface area contributed by atoms with Gasteiger partial charge in [0.1, 0.15) is 0 Å². The smallest absolute Gasteiger partial charge is 0.192 e. The summed E-state index contributed by atoms with van der Waals surface area (Å²) in [5.74, 6) is -0.343. The Labute approximate surface area is 107 Å². The van der Waals surface area contributed by atoms with Crippen molar-refractivity contribution in [3.8, 4) is 24.3 Å². The van der Waals surface area contributed by atoms with Crippen LogP contribution >= 0.6 is 0 Å². The van der Waals surface area contributed by atoms with Crippen molar-refractivity contribution < 1.29 is 0 Å². The first kappa shape index (κ1) is 13.9. The average Bonchev–Trinajstić information content (AvgIpc) is 2.57. The first-order valence-electron chi connectivity index (χ1n) is 5.52. The lowest BCUT2D eigenvalue weighted by Crippen LogP contribution is -2.51. The van der Waals surface area contributed by atoms with E-state index >= 15 is 0 Å². The van der Waals surface area contributed by atoms with Crippen molar-refractivity contribution in [2.24, 2.45) is 16.7 Å². The lowest BCUT2D eigenvalue weighted by atomic mass is 9.65. The maximum Gasteiger partial charge on any atom is 0.192 e. The maximum absolute atomic E-state index is 9.38. The molecule has 1 aliphatic rings. The minimum Gasteiger partial charge on any atom is -0.250 e. The minimum atomic E-state index is -1.65. The quantitative estimate of drug-likeness (QED) is 0.707. The first-order chi connectivity index (χ1) is 8.44. The Hall–Kier alpha value is -2.12. The van der Waals surface area contributed by atoms with Crippen LogP contribution in [0.4, 0.5) is 0 Å². The molecule has 0 amide bonds. The molecule has 0 saturated heterocycles. The van der Waals surface area contributed by atoms with E-state index in [1.165, 1.54) is 0 Å². The molecule has 1 fully saturated rings. The Bertz CT molecular complexity index is 467. The van der Waals surface area contributed by atoms with Gasteiger partial charge in [0, 0.05) is 14.1 Å². The van der Waals surface area contributed by atoms with E-state index < -0.39 is 16.9 Å². The van der Waals surface area contributed by atoms with Crippen LogP contribution in [0.1, 0.15) is 13.3 Å². The fourth-order valence-electron chi connectivity index (χ4n) is 2.61. The lowest BCUT2D eigenvalue weighted by molar-refractivity contribution is 0.182. The van der Waals surface area contributed by atoms with E-state index in [4.69, 9.17) is 0 Å². The SMILES string of the molecule is CC1CC(NN(C)C)C(C#N)(C#N)C1(C#N)C#N. The van der Waals surface area contributed by atoms with E-state index in [2.05, 4.69) is 5.43 Å². The zero-order valence-corrected chi connectivity index (χ0v) is 10.6. The summed E-state index contributed by atoms with van der Waals surface area (Å²) in [6.07, 6.45) is 0.431. The third-order valence-corrected chi connectivity index (χ3v) is 3.59. The summed E-state index contributed by atoms with van der Waals surface area (Å²) in [4.78, 5) is 0. The highest BCUT2D eigenvalue weighted by Gasteiger charge is 2.67. The second kappa shape index (κ2) is 4.63. The van der Waals surface area contributed by atoms with E-state index in [1.807, 2.05) is 24.3 Å². The Morgan fingerprint density at radius 1 is 1.00 bits per heavy atom. The molecule has 1 saturated carbocycles. The van der Waals surface area contributed by atoms with Crippen LogP contribution in [0.5, 0.6) is 0 Å². The van der Waals surface area contributed by atoms with Gasteiger partial charge in [-0.3, -0.25) is 5.01 Å². The summed E-state index contributed by atoms with van der Waals surface area (Å²) in [6, 6.07) is 7.11. The summed E-state index contributed by atoms with van der Waals surface area (Å²) >= 11 is 0. The highest BCUT2D eigenvalue weighted by Crippen LogP contribution is 2.55. The number of nitriles is 4. The number of hydrogen-bond donors (Lipinski definition) is 1. The molecule has 0 aromatic carbocycles. The van der Waals surface area contributed by atoms with Gasteiger partial charge < -0.3 is 0 Å². The van der Waals surface area contributed by atoms with Crippen LogP contribution in [0.2, 0.25) is 0 Å². The molecular weight excluding hydrogens is 228 g/mol. The summed E-state index contributed by atoms with van der Waals surface area (Å²) < 4.78 is 0. The van der Waals surface area contributed by atoms with Crippen LogP contribution in [-0.4, -0.2) is 25.1 Å². The normalized spacial score (nSPS) is 27.8. The second-order valence-electron chi connectivity index (χ2n) is 4.78. The summed E-state index contributed by atoms with van der Waals surface area (Å²) in [7, 11) is 3.48. The third-order valence-electron chi connectivity index (χ3n) is 3.59. The Morgan fingerprint density at radius 2 is 1.44 bits per heavy atom. The fraction of sp³-hybridized carbons (Fsp3) is 0.667. The van der Waals surface area contributed by atoms with Gasteiger partial charge >= 0.3 is 0 Å². The molecular formula is C12H14N6. The highest BCUT2D eigenvalue weighted by molar-refractivity contribution is 5.41. The van der Waals surface area contributed by atoms with Gasteiger partial charge in [-0.2, -0.15) is 21.0 Å². The van der Waals surface area contributed by atoms with Crippen LogP contribution in [0.25, 0.3) is 0 Å². The predicted octanol–water partition coefficient (Wildman–Crippen LogP) is 0.528. The van der Waals surface area contributed by atoms with Crippen molar-refractivity contribution in [2.75, 3.05) is 14.1 Å². The van der Waals surface area contributed by atoms with Crippen LogP contribution in [0, 0.1) is 62.1 Å². The Kier molecular flexibility index (Phi) is 3.59. The van der Waals surface area contributed by atoms with E-state index in [1.54, 1.807) is 26.0 Å². The van der Waals surface area contributed by atoms with Gasteiger partial charge in [-0.1, -0.05) is 6.92 Å². The molecule has 6 heteroatoms. The lowest BCUT2D eigenvalue weighted by Gasteiger charge is -2.31. The highest BCUT2D eigenvalue weighted by atomic mass is 15.5. The predicted molar refractivity (Wildman–Crippen MR) is 61.7 cm³/mol. The number of rotatable bonds is 2. The minimum absolute atomic E-state index is 0.343. The molecule has 1 rings (SSSR count). The molecule has 0 aromatic rings. The molecule has 0 aliphatic heterocycles. The Morgan fingerprint density at radius 3 is 1.78 bits per heavy atom. The summed E-state index contributed by atoms with van der Waals surface area (Å²) in [5.41, 5.74) is -0.271. The molecule has 6 nitrogen and oxygen atoms in total. The first-order valence-corrected chi connectivity index (χ1v) is 5.52. The largest absolute Gasteiger partial charge is 0.250 e. The molecule has 0 heterocycles. The van der Waals surface area contributed by atoms with Crippen molar-refractivity contribution >= 4 is 0 Å². The average molecular weight is 242 g/mol. The van der Waals surface area contributed by atoms with Gasteiger partial charge in [-0.05, 0) is 12.3 Å². The third kappa shape index (κ3) is 1.52. The van der Waals surface area contributed by atoms with E-state index in [-0.39, 0.29) is 5.92 Å². The van der Waals surface area contributed by atoms with Crippen molar-refractivity contribution in [3.63, 3.8) is 0 Å². The van der Waals surface area contributed by atoms with Crippen molar-refractivity contribution in [2.45, 2.75) is 19.4 Å². The van der Waals surface area contributed by atoms with Crippen LogP contribution in [0.15, 0.2) is 0 Å². The summed E-state index contributed by atoms with van der Waals surface area (Å²) in [5, 5.41) is 39.0. The Balaban J connectivity index is 3.42. The number of hydrogen-bond acceptors (Lipinski definition) is 6. The van der Waals surface area contributed by atoms with Gasteiger partial charge in [0.15, 0.2) is 10.8 Å². The second-order valence-corrected chi connectivity index (χ2v) is 4.78. The van der Waals surface area contributed by atoms with Crippen LogP contribution in [0.3, 0.4) is 0 Å². The van der Waals surface area contributed by atoms with Gasteiger partial charge in [-0.25, -0.2) is 5.43 Å². The number of nitrogens with zero attached hydrogens (tertiary/aromatic N) is 5. The molecule has 0 bridgehead atoms. The van der Waals surface area contributed by atoms with Gasteiger partial charge in [0.05, 0.1) is 30.3 Å². The van der Waals surface area contributed by atoms with Gasteiger partial charge in [-0.15, -0.1) is 0 Å². The number of nitrogens with one attached hydrogen (secondary N) is 1. The standard InChI is InChI=1S/C12H14N6/c1-9-4-10(17-18(2)3)12(7-15,8-16)11(9,5-13)6-14/h9-10,17H,4H2,1-3H3. The van der Waals surface area contributed by atoms with Crippen molar-refractivity contribution in [3.05, 3.63) is 0 Å². The molecule has 92 valence electrons. The monoisotopic (exact) mass is 242 g/mol. The van der Waals surface area contributed by atoms with Crippen molar-refractivity contribution in [1.29, 1.82) is 21.0 Å². The number of hydrazine groups is 1. The molecule has 0 radical (unpaired) electrons. The molecule has 18 heavy (non-hydrogen) atoms. The topological polar surface area (TPSA) is 110 Å². The fourth-order valence-corrected chi connectivity index (χ4v) is 2.61.